The van der Waals surface area contributed by atoms with Gasteiger partial charge in [0, 0.05) is 5.70 Å². The van der Waals surface area contributed by atoms with Crippen LogP contribution < -0.4 is 5.48 Å². The van der Waals surface area contributed by atoms with Crippen LogP contribution in [0.4, 0.5) is 0 Å². The fraction of sp³-hybridized carbons (Fsp3) is 0.250. The van der Waals surface area contributed by atoms with Crippen LogP contribution in [0.5, 0.6) is 5.75 Å². The topological polar surface area (TPSA) is 67.8 Å². The summed E-state index contributed by atoms with van der Waals surface area (Å²) in [7, 11) is 1.34. The predicted molar refractivity (Wildman–Crippen MR) is 95.4 cm³/mol. The van der Waals surface area contributed by atoms with Gasteiger partial charge in [0.25, 0.3) is 0 Å². The summed E-state index contributed by atoms with van der Waals surface area (Å²) < 4.78 is 4.95. The molecule has 2 aromatic carbocycles. The maximum atomic E-state index is 12.4. The van der Waals surface area contributed by atoms with Gasteiger partial charge in [0.05, 0.1) is 13.7 Å². The minimum absolute atomic E-state index is 0.173. The number of hydroxylamine groups is 1. The highest BCUT2D eigenvalue weighted by Gasteiger charge is 2.38. The van der Waals surface area contributed by atoms with Crippen LogP contribution >= 0.6 is 0 Å². The van der Waals surface area contributed by atoms with Gasteiger partial charge in [-0.2, -0.15) is 0 Å². The van der Waals surface area contributed by atoms with Crippen LogP contribution in [-0.2, 0) is 27.4 Å². The highest BCUT2D eigenvalue weighted by atomic mass is 16.6. The van der Waals surface area contributed by atoms with Crippen molar-refractivity contribution in [3.05, 3.63) is 78.0 Å². The summed E-state index contributed by atoms with van der Waals surface area (Å²) in [6.07, 6.45) is 0.362. The van der Waals surface area contributed by atoms with Crippen molar-refractivity contribution >= 4 is 5.97 Å². The van der Waals surface area contributed by atoms with Gasteiger partial charge in [-0.15, -0.1) is 0 Å². The minimum Gasteiger partial charge on any atom is -0.508 e. The molecule has 0 aliphatic carbocycles. The van der Waals surface area contributed by atoms with Gasteiger partial charge in [0.2, 0.25) is 0 Å². The number of carbonyl (C=O) groups is 1. The quantitative estimate of drug-likeness (QED) is 0.569. The van der Waals surface area contributed by atoms with Gasteiger partial charge in [-0.25, -0.2) is 0 Å². The molecule has 1 unspecified atom stereocenters. The molecule has 0 spiro atoms. The monoisotopic (exact) mass is 341 g/mol. The normalized spacial score (nSPS) is 12.9. The lowest BCUT2D eigenvalue weighted by atomic mass is 9.81. The molecule has 0 amide bonds. The van der Waals surface area contributed by atoms with Crippen LogP contribution in [-0.4, -0.2) is 18.2 Å². The molecule has 1 atom stereocenters. The molecular weight excluding hydrogens is 318 g/mol. The zero-order valence-corrected chi connectivity index (χ0v) is 14.5. The first kappa shape index (κ1) is 18.5. The number of phenols is 1. The Morgan fingerprint density at radius 1 is 1.12 bits per heavy atom. The van der Waals surface area contributed by atoms with Crippen LogP contribution in [0.2, 0.25) is 0 Å². The van der Waals surface area contributed by atoms with Crippen molar-refractivity contribution in [1.29, 1.82) is 0 Å². The first-order chi connectivity index (χ1) is 12.0. The second kappa shape index (κ2) is 8.35. The third-order valence-electron chi connectivity index (χ3n) is 4.07. The van der Waals surface area contributed by atoms with E-state index in [1.165, 1.54) is 7.11 Å². The third kappa shape index (κ3) is 4.84. The molecule has 0 aromatic heterocycles. The smallest absolute Gasteiger partial charge is 0.317 e. The number of esters is 1. The predicted octanol–water partition coefficient (Wildman–Crippen LogP) is 3.35. The Balaban J connectivity index is 2.05. The van der Waals surface area contributed by atoms with E-state index in [1.54, 1.807) is 31.2 Å². The van der Waals surface area contributed by atoms with E-state index in [0.29, 0.717) is 18.7 Å². The second-order valence-electron chi connectivity index (χ2n) is 6.02. The first-order valence-electron chi connectivity index (χ1n) is 7.93. The van der Waals surface area contributed by atoms with Crippen LogP contribution in [0.25, 0.3) is 0 Å². The molecule has 5 nitrogen and oxygen atoms in total. The molecule has 0 saturated carbocycles. The average molecular weight is 341 g/mol. The molecule has 5 heteroatoms. The number of aromatic hydroxyl groups is 1. The number of nitrogens with one attached hydrogen (secondary N) is 1. The van der Waals surface area contributed by atoms with Crippen LogP contribution in [0, 0.1) is 5.41 Å². The molecule has 2 aromatic rings. The van der Waals surface area contributed by atoms with Gasteiger partial charge in [0.15, 0.2) is 0 Å². The highest BCUT2D eigenvalue weighted by molar-refractivity contribution is 5.80. The van der Waals surface area contributed by atoms with E-state index in [4.69, 9.17) is 9.57 Å². The molecule has 0 heterocycles. The lowest BCUT2D eigenvalue weighted by Gasteiger charge is -2.29. The van der Waals surface area contributed by atoms with Crippen molar-refractivity contribution in [2.45, 2.75) is 20.0 Å². The number of benzene rings is 2. The highest BCUT2D eigenvalue weighted by Crippen LogP contribution is 2.31. The molecule has 0 radical (unpaired) electrons. The van der Waals surface area contributed by atoms with Crippen molar-refractivity contribution in [1.82, 2.24) is 5.48 Å². The Labute approximate surface area is 147 Å². The molecule has 25 heavy (non-hydrogen) atoms. The molecule has 2 rings (SSSR count). The number of hydrogen-bond donors (Lipinski definition) is 2. The fourth-order valence-electron chi connectivity index (χ4n) is 2.44. The van der Waals surface area contributed by atoms with Gasteiger partial charge in [-0.05, 0) is 36.6 Å². The van der Waals surface area contributed by atoms with E-state index in [-0.39, 0.29) is 5.75 Å². The zero-order valence-electron chi connectivity index (χ0n) is 14.5. The first-order valence-corrected chi connectivity index (χ1v) is 7.93. The molecule has 0 aliphatic heterocycles. The maximum absolute atomic E-state index is 12.4. The summed E-state index contributed by atoms with van der Waals surface area (Å²) in [5, 5.41) is 9.40. The second-order valence-corrected chi connectivity index (χ2v) is 6.02. The lowest BCUT2D eigenvalue weighted by Crippen LogP contribution is -2.38. The number of phenolic OH excluding ortho intramolecular Hbond substituents is 1. The van der Waals surface area contributed by atoms with E-state index in [9.17, 15) is 9.90 Å². The fourth-order valence-corrected chi connectivity index (χ4v) is 2.44. The van der Waals surface area contributed by atoms with Gasteiger partial charge in [-0.1, -0.05) is 49.0 Å². The lowest BCUT2D eigenvalue weighted by molar-refractivity contribution is -0.150. The Bertz CT molecular complexity index is 712. The Hall–Kier alpha value is -2.79. The molecule has 0 bridgehead atoms. The number of carbonyl (C=O) groups excluding carboxylic acids is 1. The van der Waals surface area contributed by atoms with Crippen LogP contribution in [0.1, 0.15) is 18.1 Å². The van der Waals surface area contributed by atoms with E-state index in [0.717, 1.165) is 11.1 Å². The van der Waals surface area contributed by atoms with E-state index < -0.39 is 11.4 Å². The van der Waals surface area contributed by atoms with E-state index in [1.807, 2.05) is 30.3 Å². The number of ether oxygens (including phenoxy) is 1. The third-order valence-corrected chi connectivity index (χ3v) is 4.07. The van der Waals surface area contributed by atoms with Crippen LogP contribution in [0.15, 0.2) is 66.9 Å². The van der Waals surface area contributed by atoms with Gasteiger partial charge in [0.1, 0.15) is 11.2 Å². The van der Waals surface area contributed by atoms with Gasteiger partial charge >= 0.3 is 5.97 Å². The summed E-state index contributed by atoms with van der Waals surface area (Å²) in [6, 6.07) is 16.4. The molecule has 0 saturated heterocycles. The van der Waals surface area contributed by atoms with Crippen molar-refractivity contribution in [3.8, 4) is 5.75 Å². The minimum atomic E-state index is -1.01. The molecule has 132 valence electrons. The van der Waals surface area contributed by atoms with Crippen molar-refractivity contribution < 1.29 is 19.5 Å². The van der Waals surface area contributed by atoms with E-state index in [2.05, 4.69) is 12.1 Å². The van der Waals surface area contributed by atoms with Crippen LogP contribution in [0.3, 0.4) is 0 Å². The number of methoxy groups -OCH3 is 1. The molecule has 2 N–H and O–H groups in total. The molecular formula is C20H23NO4. The standard InChI is InChI=1S/C20H23NO4/c1-15(21-25-14-17-7-5-4-6-8-17)20(2,19(23)24-3)13-16-9-11-18(22)12-10-16/h4-12,21-22H,1,13-14H2,2-3H3. The summed E-state index contributed by atoms with van der Waals surface area (Å²) in [5.41, 5.74) is 4.04. The summed E-state index contributed by atoms with van der Waals surface area (Å²) in [4.78, 5) is 17.8. The summed E-state index contributed by atoms with van der Waals surface area (Å²) in [6.45, 7) is 6.04. The largest absolute Gasteiger partial charge is 0.508 e. The maximum Gasteiger partial charge on any atom is 0.317 e. The Morgan fingerprint density at radius 3 is 2.36 bits per heavy atom. The average Bonchev–Trinajstić information content (AvgIpc) is 2.63. The summed E-state index contributed by atoms with van der Waals surface area (Å²) >= 11 is 0. The van der Waals surface area contributed by atoms with Crippen molar-refractivity contribution in [3.63, 3.8) is 0 Å². The summed E-state index contributed by atoms with van der Waals surface area (Å²) in [5.74, 6) is -0.243. The van der Waals surface area contributed by atoms with Gasteiger partial charge in [-0.3, -0.25) is 15.1 Å². The van der Waals surface area contributed by atoms with Crippen molar-refractivity contribution in [2.24, 2.45) is 5.41 Å². The van der Waals surface area contributed by atoms with Crippen molar-refractivity contribution in [2.75, 3.05) is 7.11 Å². The zero-order chi connectivity index (χ0) is 18.3. The van der Waals surface area contributed by atoms with Gasteiger partial charge < -0.3 is 9.84 Å². The number of rotatable bonds is 8. The Kier molecular flexibility index (Phi) is 6.19. The Morgan fingerprint density at radius 2 is 1.76 bits per heavy atom. The SMILES string of the molecule is C=C(NOCc1ccccc1)C(C)(Cc1ccc(O)cc1)C(=O)OC. The molecule has 0 aliphatic rings. The number of hydrogen-bond acceptors (Lipinski definition) is 5. The van der Waals surface area contributed by atoms with E-state index >= 15 is 0 Å². The molecule has 0 fully saturated rings.